The molecule has 0 aliphatic heterocycles. The minimum atomic E-state index is -3.86. The summed E-state index contributed by atoms with van der Waals surface area (Å²) in [5.74, 6) is -0.340. The number of carbonyl (C=O) groups is 1. The lowest BCUT2D eigenvalue weighted by Gasteiger charge is -2.10. The van der Waals surface area contributed by atoms with Gasteiger partial charge in [0.15, 0.2) is 0 Å². The molecule has 1 amide bonds. The summed E-state index contributed by atoms with van der Waals surface area (Å²) in [5.41, 5.74) is 0.547. The van der Waals surface area contributed by atoms with Crippen molar-refractivity contribution in [2.45, 2.75) is 11.4 Å². The minimum Gasteiger partial charge on any atom is -0.347 e. The number of para-hydroxylation sites is 1. The van der Waals surface area contributed by atoms with Gasteiger partial charge in [-0.2, -0.15) is 0 Å². The van der Waals surface area contributed by atoms with E-state index in [-0.39, 0.29) is 22.1 Å². The average Bonchev–Trinajstić information content (AvgIpc) is 3.15. The van der Waals surface area contributed by atoms with Crippen molar-refractivity contribution < 1.29 is 13.2 Å². The van der Waals surface area contributed by atoms with Crippen LogP contribution in [0.4, 0.5) is 5.69 Å². The first kappa shape index (κ1) is 18.4. The normalized spacial score (nSPS) is 11.1. The van der Waals surface area contributed by atoms with Gasteiger partial charge in [-0.25, -0.2) is 8.42 Å². The van der Waals surface area contributed by atoms with E-state index >= 15 is 0 Å². The molecule has 0 atom stereocenters. The zero-order chi connectivity index (χ0) is 18.6. The highest BCUT2D eigenvalue weighted by Crippen LogP contribution is 2.24. The Morgan fingerprint density at radius 3 is 2.58 bits per heavy atom. The summed E-state index contributed by atoms with van der Waals surface area (Å²) < 4.78 is 27.6. The van der Waals surface area contributed by atoms with Gasteiger partial charge in [-0.1, -0.05) is 35.9 Å². The molecule has 1 heterocycles. The predicted octanol–water partition coefficient (Wildman–Crippen LogP) is 4.13. The minimum absolute atomic E-state index is 0.0128. The van der Waals surface area contributed by atoms with Crippen molar-refractivity contribution in [1.82, 2.24) is 5.32 Å². The van der Waals surface area contributed by atoms with Crippen molar-refractivity contribution in [1.29, 1.82) is 0 Å². The number of halogens is 1. The number of sulfonamides is 1. The standard InChI is InChI=1S/C18H15ClN2O3S2/c19-16-8-1-2-9-17(16)21-26(23,24)15-7-3-5-13(11-15)18(22)20-12-14-6-4-10-25-14/h1-11,21H,12H2,(H,20,22). The maximum Gasteiger partial charge on any atom is 0.261 e. The summed E-state index contributed by atoms with van der Waals surface area (Å²) in [6.07, 6.45) is 0. The van der Waals surface area contributed by atoms with Crippen LogP contribution >= 0.6 is 22.9 Å². The topological polar surface area (TPSA) is 75.3 Å². The third kappa shape index (κ3) is 4.43. The second kappa shape index (κ2) is 7.90. The Morgan fingerprint density at radius 2 is 1.85 bits per heavy atom. The molecule has 0 saturated heterocycles. The Kier molecular flexibility index (Phi) is 5.61. The first-order chi connectivity index (χ1) is 12.5. The van der Waals surface area contributed by atoms with Gasteiger partial charge in [-0.05, 0) is 41.8 Å². The van der Waals surface area contributed by atoms with Gasteiger partial charge in [0.25, 0.3) is 15.9 Å². The number of hydrogen-bond donors (Lipinski definition) is 2. The molecule has 3 rings (SSSR count). The first-order valence-corrected chi connectivity index (χ1v) is 10.4. The molecule has 0 radical (unpaired) electrons. The number of nitrogens with one attached hydrogen (secondary N) is 2. The van der Waals surface area contributed by atoms with Crippen molar-refractivity contribution in [3.8, 4) is 0 Å². The highest BCUT2D eigenvalue weighted by atomic mass is 35.5. The molecule has 2 N–H and O–H groups in total. The van der Waals surface area contributed by atoms with Crippen LogP contribution in [0.5, 0.6) is 0 Å². The summed E-state index contributed by atoms with van der Waals surface area (Å²) in [6, 6.07) is 16.2. The summed E-state index contributed by atoms with van der Waals surface area (Å²) in [7, 11) is -3.86. The van der Waals surface area contributed by atoms with E-state index in [0.717, 1.165) is 4.88 Å². The average molecular weight is 407 g/mol. The number of carbonyl (C=O) groups excluding carboxylic acids is 1. The molecule has 0 aliphatic rings. The van der Waals surface area contributed by atoms with E-state index < -0.39 is 10.0 Å². The Hall–Kier alpha value is -2.35. The molecule has 0 saturated carbocycles. The second-order valence-corrected chi connectivity index (χ2v) is 8.50. The van der Waals surface area contributed by atoms with Crippen LogP contribution in [0.3, 0.4) is 0 Å². The third-order valence-electron chi connectivity index (χ3n) is 3.53. The van der Waals surface area contributed by atoms with Crippen LogP contribution in [0.25, 0.3) is 0 Å². The third-order valence-corrected chi connectivity index (χ3v) is 6.10. The zero-order valence-corrected chi connectivity index (χ0v) is 15.9. The Bertz CT molecular complexity index is 1020. The molecular weight excluding hydrogens is 392 g/mol. The first-order valence-electron chi connectivity index (χ1n) is 7.64. The van der Waals surface area contributed by atoms with Crippen LogP contribution in [0, 0.1) is 0 Å². The lowest BCUT2D eigenvalue weighted by Crippen LogP contribution is -2.23. The van der Waals surface area contributed by atoms with Gasteiger partial charge in [0.05, 0.1) is 22.2 Å². The summed E-state index contributed by atoms with van der Waals surface area (Å²) in [4.78, 5) is 13.3. The van der Waals surface area contributed by atoms with Crippen molar-refractivity contribution in [2.75, 3.05) is 4.72 Å². The highest BCUT2D eigenvalue weighted by Gasteiger charge is 2.17. The second-order valence-electron chi connectivity index (χ2n) is 5.38. The van der Waals surface area contributed by atoms with Crippen LogP contribution in [0.2, 0.25) is 5.02 Å². The van der Waals surface area contributed by atoms with Gasteiger partial charge < -0.3 is 5.32 Å². The molecule has 0 bridgehead atoms. The van der Waals surface area contributed by atoms with Crippen molar-refractivity contribution >= 4 is 44.6 Å². The predicted molar refractivity (Wildman–Crippen MR) is 104 cm³/mol. The van der Waals surface area contributed by atoms with Crippen LogP contribution in [-0.4, -0.2) is 14.3 Å². The monoisotopic (exact) mass is 406 g/mol. The van der Waals surface area contributed by atoms with Crippen molar-refractivity contribution in [3.63, 3.8) is 0 Å². The molecule has 0 spiro atoms. The van der Waals surface area contributed by atoms with Gasteiger partial charge in [-0.15, -0.1) is 11.3 Å². The van der Waals surface area contributed by atoms with Gasteiger partial charge in [0.1, 0.15) is 0 Å². The smallest absolute Gasteiger partial charge is 0.261 e. The molecule has 26 heavy (non-hydrogen) atoms. The number of hydrogen-bond acceptors (Lipinski definition) is 4. The van der Waals surface area contributed by atoms with E-state index in [4.69, 9.17) is 11.6 Å². The number of anilines is 1. The number of amides is 1. The molecule has 1 aromatic heterocycles. The Labute approximate surface area is 160 Å². The molecular formula is C18H15ClN2O3S2. The summed E-state index contributed by atoms with van der Waals surface area (Å²) >= 11 is 7.54. The summed E-state index contributed by atoms with van der Waals surface area (Å²) in [6.45, 7) is 0.394. The molecule has 0 unspecified atom stereocenters. The lowest BCUT2D eigenvalue weighted by molar-refractivity contribution is 0.0951. The van der Waals surface area contributed by atoms with E-state index in [9.17, 15) is 13.2 Å². The van der Waals surface area contributed by atoms with Crippen LogP contribution in [0.15, 0.2) is 70.9 Å². The largest absolute Gasteiger partial charge is 0.347 e. The summed E-state index contributed by atoms with van der Waals surface area (Å²) in [5, 5.41) is 4.99. The van der Waals surface area contributed by atoms with Gasteiger partial charge in [-0.3, -0.25) is 9.52 Å². The van der Waals surface area contributed by atoms with E-state index in [1.54, 1.807) is 30.3 Å². The van der Waals surface area contributed by atoms with Gasteiger partial charge in [0.2, 0.25) is 0 Å². The van der Waals surface area contributed by atoms with Crippen molar-refractivity contribution in [3.05, 3.63) is 81.5 Å². The molecule has 5 nitrogen and oxygen atoms in total. The van der Waals surface area contributed by atoms with Crippen LogP contribution < -0.4 is 10.0 Å². The van der Waals surface area contributed by atoms with Crippen LogP contribution in [-0.2, 0) is 16.6 Å². The Morgan fingerprint density at radius 1 is 1.04 bits per heavy atom. The number of rotatable bonds is 6. The number of benzene rings is 2. The van der Waals surface area contributed by atoms with E-state index in [0.29, 0.717) is 11.6 Å². The van der Waals surface area contributed by atoms with E-state index in [1.165, 1.54) is 29.5 Å². The fraction of sp³-hybridized carbons (Fsp3) is 0.0556. The van der Waals surface area contributed by atoms with E-state index in [2.05, 4.69) is 10.0 Å². The number of thiophene rings is 1. The molecule has 0 aliphatic carbocycles. The van der Waals surface area contributed by atoms with Gasteiger partial charge >= 0.3 is 0 Å². The molecule has 2 aromatic carbocycles. The van der Waals surface area contributed by atoms with Gasteiger partial charge in [0, 0.05) is 10.4 Å². The molecule has 8 heteroatoms. The lowest BCUT2D eigenvalue weighted by atomic mass is 10.2. The van der Waals surface area contributed by atoms with Crippen molar-refractivity contribution in [2.24, 2.45) is 0 Å². The van der Waals surface area contributed by atoms with Crippen LogP contribution in [0.1, 0.15) is 15.2 Å². The highest BCUT2D eigenvalue weighted by molar-refractivity contribution is 7.92. The zero-order valence-electron chi connectivity index (χ0n) is 13.5. The molecule has 0 fully saturated rings. The Balaban J connectivity index is 1.77. The quantitative estimate of drug-likeness (QED) is 0.646. The SMILES string of the molecule is O=C(NCc1cccs1)c1cccc(S(=O)(=O)Nc2ccccc2Cl)c1. The molecule has 3 aromatic rings. The fourth-order valence-corrected chi connectivity index (χ4v) is 4.24. The molecule has 134 valence electrons. The fourth-order valence-electron chi connectivity index (χ4n) is 2.23. The maximum atomic E-state index is 12.6. The maximum absolute atomic E-state index is 12.6. The van der Waals surface area contributed by atoms with E-state index in [1.807, 2.05) is 17.5 Å².